The molecule has 1 aliphatic heterocycles. The number of halogens is 1. The molecule has 4 amide bonds. The number of hydrogen-bond acceptors (Lipinski definition) is 5. The van der Waals surface area contributed by atoms with E-state index in [9.17, 15) is 14.4 Å². The van der Waals surface area contributed by atoms with E-state index in [2.05, 4.69) is 10.6 Å². The van der Waals surface area contributed by atoms with Crippen LogP contribution in [-0.2, 0) is 15.1 Å². The Bertz CT molecular complexity index is 886. The Labute approximate surface area is 163 Å². The second-order valence-electron chi connectivity index (χ2n) is 5.83. The molecule has 1 saturated heterocycles. The Morgan fingerprint density at radius 3 is 2.77 bits per heavy atom. The monoisotopic (exact) mass is 409 g/mol. The predicted molar refractivity (Wildman–Crippen MR) is 104 cm³/mol. The first-order chi connectivity index (χ1) is 12.3. The molecule has 9 heteroatoms. The van der Waals surface area contributed by atoms with Crippen LogP contribution in [0, 0.1) is 0 Å². The normalized spacial score (nSPS) is 19.6. The van der Waals surface area contributed by atoms with Crippen molar-refractivity contribution in [2.75, 3.05) is 18.1 Å². The standard InChI is InChI=1S/C17H16ClN3O3S2/c1-17(12-6-7-13(18)26-12)15(23)21(16(24)20-17)9-14(22)19-10-4-3-5-11(8-10)25-2/h3-8H,9H2,1-2H3,(H,19,22)(H,20,24). The van der Waals surface area contributed by atoms with Gasteiger partial charge in [0.2, 0.25) is 5.91 Å². The number of anilines is 1. The average molecular weight is 410 g/mol. The number of benzene rings is 1. The van der Waals surface area contributed by atoms with E-state index < -0.39 is 23.4 Å². The number of nitrogens with one attached hydrogen (secondary N) is 2. The first-order valence-corrected chi connectivity index (χ1v) is 10.1. The van der Waals surface area contributed by atoms with Crippen LogP contribution < -0.4 is 10.6 Å². The maximum atomic E-state index is 12.8. The van der Waals surface area contributed by atoms with Gasteiger partial charge in [0.15, 0.2) is 5.54 Å². The fourth-order valence-corrected chi connectivity index (χ4v) is 4.23. The summed E-state index contributed by atoms with van der Waals surface area (Å²) in [6.45, 7) is 1.25. The highest BCUT2D eigenvalue weighted by Gasteiger charge is 2.50. The van der Waals surface area contributed by atoms with E-state index in [-0.39, 0.29) is 6.54 Å². The molecule has 2 heterocycles. The van der Waals surface area contributed by atoms with E-state index in [4.69, 9.17) is 11.6 Å². The summed E-state index contributed by atoms with van der Waals surface area (Å²) in [5.74, 6) is -0.922. The fraction of sp³-hybridized carbons (Fsp3) is 0.235. The molecule has 2 N–H and O–H groups in total. The van der Waals surface area contributed by atoms with Gasteiger partial charge in [-0.15, -0.1) is 23.1 Å². The Morgan fingerprint density at radius 2 is 2.12 bits per heavy atom. The van der Waals surface area contributed by atoms with E-state index in [1.165, 1.54) is 11.3 Å². The molecule has 0 radical (unpaired) electrons. The number of urea groups is 1. The fourth-order valence-electron chi connectivity index (χ4n) is 2.64. The van der Waals surface area contributed by atoms with Crippen molar-refractivity contribution in [3.8, 4) is 0 Å². The number of hydrogen-bond donors (Lipinski definition) is 2. The Kier molecular flexibility index (Phi) is 5.27. The number of carbonyl (C=O) groups excluding carboxylic acids is 3. The van der Waals surface area contributed by atoms with Crippen LogP contribution in [0.3, 0.4) is 0 Å². The van der Waals surface area contributed by atoms with Crippen molar-refractivity contribution in [2.24, 2.45) is 0 Å². The van der Waals surface area contributed by atoms with Gasteiger partial charge in [0.1, 0.15) is 6.54 Å². The molecular formula is C17H16ClN3O3S2. The summed E-state index contributed by atoms with van der Waals surface area (Å²) in [6.07, 6.45) is 1.94. The molecule has 0 bridgehead atoms. The first-order valence-electron chi connectivity index (χ1n) is 7.67. The molecule has 1 aromatic heterocycles. The number of thioether (sulfide) groups is 1. The van der Waals surface area contributed by atoms with Crippen LogP contribution in [0.1, 0.15) is 11.8 Å². The zero-order valence-corrected chi connectivity index (χ0v) is 16.4. The van der Waals surface area contributed by atoms with Gasteiger partial charge in [-0.25, -0.2) is 4.79 Å². The summed E-state index contributed by atoms with van der Waals surface area (Å²) in [7, 11) is 0. The second-order valence-corrected chi connectivity index (χ2v) is 8.43. The maximum Gasteiger partial charge on any atom is 0.325 e. The van der Waals surface area contributed by atoms with Crippen molar-refractivity contribution < 1.29 is 14.4 Å². The van der Waals surface area contributed by atoms with Gasteiger partial charge in [0.05, 0.1) is 4.34 Å². The SMILES string of the molecule is CSc1cccc(NC(=O)CN2C(=O)NC(C)(c3ccc(Cl)s3)C2=O)c1. The highest BCUT2D eigenvalue weighted by Crippen LogP contribution is 2.35. The number of amides is 4. The Hall–Kier alpha value is -2.03. The number of thiophene rings is 1. The van der Waals surface area contributed by atoms with Crippen molar-refractivity contribution >= 4 is 58.2 Å². The van der Waals surface area contributed by atoms with Crippen LogP contribution in [0.4, 0.5) is 10.5 Å². The van der Waals surface area contributed by atoms with Crippen molar-refractivity contribution in [3.63, 3.8) is 0 Å². The van der Waals surface area contributed by atoms with Gasteiger partial charge < -0.3 is 10.6 Å². The molecule has 1 unspecified atom stereocenters. The van der Waals surface area contributed by atoms with Gasteiger partial charge in [-0.2, -0.15) is 0 Å². The first kappa shape index (κ1) is 18.8. The lowest BCUT2D eigenvalue weighted by molar-refractivity contribution is -0.133. The molecule has 1 aromatic carbocycles. The Morgan fingerprint density at radius 1 is 1.35 bits per heavy atom. The largest absolute Gasteiger partial charge is 0.325 e. The third-order valence-electron chi connectivity index (χ3n) is 4.00. The molecule has 1 atom stereocenters. The minimum atomic E-state index is -1.21. The van der Waals surface area contributed by atoms with Gasteiger partial charge >= 0.3 is 6.03 Å². The number of nitrogens with zero attached hydrogens (tertiary/aromatic N) is 1. The molecule has 1 fully saturated rings. The van der Waals surface area contributed by atoms with Crippen LogP contribution in [-0.4, -0.2) is 35.5 Å². The summed E-state index contributed by atoms with van der Waals surface area (Å²) >= 11 is 8.71. The maximum absolute atomic E-state index is 12.8. The Balaban J connectivity index is 1.72. The molecule has 0 saturated carbocycles. The van der Waals surface area contributed by atoms with E-state index in [0.717, 1.165) is 9.80 Å². The van der Waals surface area contributed by atoms with Crippen molar-refractivity contribution in [2.45, 2.75) is 17.4 Å². The average Bonchev–Trinajstić information content (AvgIpc) is 3.13. The minimum Gasteiger partial charge on any atom is -0.324 e. The molecule has 3 rings (SSSR count). The second kappa shape index (κ2) is 7.30. The van der Waals surface area contributed by atoms with Crippen LogP contribution >= 0.6 is 34.7 Å². The third kappa shape index (κ3) is 3.58. The third-order valence-corrected chi connectivity index (χ3v) is 6.17. The molecular weight excluding hydrogens is 394 g/mol. The molecule has 136 valence electrons. The molecule has 26 heavy (non-hydrogen) atoms. The number of carbonyl (C=O) groups is 3. The number of imide groups is 1. The van der Waals surface area contributed by atoms with E-state index in [1.54, 1.807) is 36.9 Å². The molecule has 2 aromatic rings. The van der Waals surface area contributed by atoms with Gasteiger partial charge in [-0.05, 0) is 43.5 Å². The van der Waals surface area contributed by atoms with Crippen LogP contribution in [0.2, 0.25) is 4.34 Å². The summed E-state index contributed by atoms with van der Waals surface area (Å²) in [4.78, 5) is 39.8. The topological polar surface area (TPSA) is 78.5 Å². The zero-order chi connectivity index (χ0) is 18.9. The predicted octanol–water partition coefficient (Wildman–Crippen LogP) is 3.53. The minimum absolute atomic E-state index is 0.358. The van der Waals surface area contributed by atoms with Crippen LogP contribution in [0.25, 0.3) is 0 Å². The van der Waals surface area contributed by atoms with Gasteiger partial charge in [0.25, 0.3) is 5.91 Å². The summed E-state index contributed by atoms with van der Waals surface area (Å²) in [6, 6.07) is 10.1. The number of rotatable bonds is 5. The van der Waals surface area contributed by atoms with Crippen molar-refractivity contribution in [1.29, 1.82) is 0 Å². The smallest absolute Gasteiger partial charge is 0.324 e. The zero-order valence-electron chi connectivity index (χ0n) is 14.0. The lowest BCUT2D eigenvalue weighted by Gasteiger charge is -2.20. The molecule has 0 spiro atoms. The lowest BCUT2D eigenvalue weighted by atomic mass is 10.0. The van der Waals surface area contributed by atoms with Gasteiger partial charge in [-0.3, -0.25) is 14.5 Å². The summed E-state index contributed by atoms with van der Waals surface area (Å²) in [5.41, 5.74) is -0.602. The van der Waals surface area contributed by atoms with Crippen molar-refractivity contribution in [1.82, 2.24) is 10.2 Å². The van der Waals surface area contributed by atoms with Crippen molar-refractivity contribution in [3.05, 3.63) is 45.6 Å². The molecule has 0 aliphatic carbocycles. The summed E-state index contributed by atoms with van der Waals surface area (Å²) in [5, 5.41) is 5.36. The van der Waals surface area contributed by atoms with Crippen LogP contribution in [0.15, 0.2) is 41.3 Å². The lowest BCUT2D eigenvalue weighted by Crippen LogP contribution is -2.41. The van der Waals surface area contributed by atoms with E-state index >= 15 is 0 Å². The van der Waals surface area contributed by atoms with E-state index in [0.29, 0.717) is 14.9 Å². The summed E-state index contributed by atoms with van der Waals surface area (Å²) < 4.78 is 0.521. The molecule has 6 nitrogen and oxygen atoms in total. The van der Waals surface area contributed by atoms with Crippen LogP contribution in [0.5, 0.6) is 0 Å². The van der Waals surface area contributed by atoms with Gasteiger partial charge in [0, 0.05) is 15.5 Å². The highest BCUT2D eigenvalue weighted by molar-refractivity contribution is 7.98. The quantitative estimate of drug-likeness (QED) is 0.585. The van der Waals surface area contributed by atoms with Gasteiger partial charge in [-0.1, -0.05) is 17.7 Å². The highest BCUT2D eigenvalue weighted by atomic mass is 35.5. The van der Waals surface area contributed by atoms with E-state index in [1.807, 2.05) is 24.5 Å². The molecule has 1 aliphatic rings.